The highest BCUT2D eigenvalue weighted by molar-refractivity contribution is 6.05. The van der Waals surface area contributed by atoms with Crippen molar-refractivity contribution in [2.24, 2.45) is 5.92 Å². The van der Waals surface area contributed by atoms with Gasteiger partial charge < -0.3 is 0 Å². The van der Waals surface area contributed by atoms with Gasteiger partial charge >= 0.3 is 0 Å². The summed E-state index contributed by atoms with van der Waals surface area (Å²) in [6.07, 6.45) is 27.1. The van der Waals surface area contributed by atoms with E-state index in [0.29, 0.717) is 5.92 Å². The first-order valence-corrected chi connectivity index (χ1v) is 16.7. The van der Waals surface area contributed by atoms with Crippen LogP contribution in [0.15, 0.2) is 144 Å². The third-order valence-corrected chi connectivity index (χ3v) is 10.2. The van der Waals surface area contributed by atoms with Crippen LogP contribution in [0.4, 0.5) is 0 Å². The average molecular weight is 593 g/mol. The molecular formula is C44H36N2. The quantitative estimate of drug-likeness (QED) is 0.203. The van der Waals surface area contributed by atoms with E-state index in [9.17, 15) is 0 Å². The number of aromatic nitrogens is 2. The fourth-order valence-corrected chi connectivity index (χ4v) is 7.87. The Morgan fingerprint density at radius 2 is 1.41 bits per heavy atom. The minimum absolute atomic E-state index is 0.430. The second kappa shape index (κ2) is 11.0. The van der Waals surface area contributed by atoms with E-state index in [4.69, 9.17) is 4.98 Å². The Labute approximate surface area is 270 Å². The number of imidazole rings is 1. The van der Waals surface area contributed by atoms with Crippen LogP contribution in [0.3, 0.4) is 0 Å². The molecule has 4 aromatic carbocycles. The summed E-state index contributed by atoms with van der Waals surface area (Å²) in [4.78, 5) is 5.34. The van der Waals surface area contributed by atoms with Crippen LogP contribution in [0.2, 0.25) is 0 Å². The van der Waals surface area contributed by atoms with Gasteiger partial charge in [-0.05, 0) is 112 Å². The third kappa shape index (κ3) is 4.43. The standard InChI is InChI=1S/C44H36N2/c1-29-19-21-30(22-20-29)31-23-24-33-28-34(26-25-32(33)27-31)42-36-13-5-7-15-38(36)43(39-16-8-6-14-37(39)42)44-45-40-17-9-10-18-41(40)46(44)35-11-3-2-4-12-35/h2-5,7,9-19,21,23-26,28,32H,6,8,20,22,27H2,1H3. The first-order chi connectivity index (χ1) is 22.7. The van der Waals surface area contributed by atoms with Crippen LogP contribution in [0.25, 0.3) is 56.6 Å². The molecule has 222 valence electrons. The molecule has 0 aliphatic heterocycles. The molecule has 0 N–H and O–H groups in total. The fraction of sp³-hybridized carbons (Fsp3) is 0.159. The summed E-state index contributed by atoms with van der Waals surface area (Å²) in [5.41, 5.74) is 13.0. The first kappa shape index (κ1) is 27.1. The molecule has 5 aromatic rings. The van der Waals surface area contributed by atoms with Crippen LogP contribution in [-0.4, -0.2) is 9.55 Å². The Balaban J connectivity index is 1.26. The predicted molar refractivity (Wildman–Crippen MR) is 194 cm³/mol. The molecule has 1 atom stereocenters. The molecule has 0 saturated heterocycles. The van der Waals surface area contributed by atoms with Gasteiger partial charge in [0.05, 0.1) is 11.0 Å². The average Bonchev–Trinajstić information content (AvgIpc) is 3.50. The second-order valence-electron chi connectivity index (χ2n) is 13.0. The summed E-state index contributed by atoms with van der Waals surface area (Å²) in [7, 11) is 0. The van der Waals surface area contributed by atoms with Crippen molar-refractivity contribution in [3.8, 4) is 17.1 Å². The molecule has 2 nitrogen and oxygen atoms in total. The van der Waals surface area contributed by atoms with Gasteiger partial charge in [-0.25, -0.2) is 4.98 Å². The number of hydrogen-bond donors (Lipinski definition) is 0. The first-order valence-electron chi connectivity index (χ1n) is 16.7. The van der Waals surface area contributed by atoms with Gasteiger partial charge in [0.15, 0.2) is 0 Å². The minimum Gasteiger partial charge on any atom is -0.292 e. The lowest BCUT2D eigenvalue weighted by Gasteiger charge is -2.27. The monoisotopic (exact) mass is 592 g/mol. The summed E-state index contributed by atoms with van der Waals surface area (Å²) in [6, 6.07) is 28.2. The molecule has 4 aliphatic rings. The van der Waals surface area contributed by atoms with Crippen LogP contribution in [0.1, 0.15) is 44.6 Å². The van der Waals surface area contributed by atoms with Crippen molar-refractivity contribution in [1.82, 2.24) is 9.55 Å². The third-order valence-electron chi connectivity index (χ3n) is 10.2. The Kier molecular flexibility index (Phi) is 6.48. The maximum Gasteiger partial charge on any atom is 0.146 e. The highest BCUT2D eigenvalue weighted by Crippen LogP contribution is 2.40. The molecule has 0 spiro atoms. The minimum atomic E-state index is 0.430. The molecule has 0 radical (unpaired) electrons. The number of fused-ring (bicyclic) bond motifs is 4. The Bertz CT molecular complexity index is 2390. The number of para-hydroxylation sites is 3. The van der Waals surface area contributed by atoms with Gasteiger partial charge in [-0.15, -0.1) is 0 Å². The number of benzene rings is 4. The topological polar surface area (TPSA) is 17.8 Å². The number of allylic oxidation sites excluding steroid dienone is 12. The van der Waals surface area contributed by atoms with E-state index >= 15 is 0 Å². The molecule has 0 saturated carbocycles. The molecule has 0 bridgehead atoms. The van der Waals surface area contributed by atoms with Gasteiger partial charge in [0, 0.05) is 17.2 Å². The van der Waals surface area contributed by atoms with E-state index in [2.05, 4.69) is 145 Å². The van der Waals surface area contributed by atoms with E-state index in [0.717, 1.165) is 48.2 Å². The Morgan fingerprint density at radius 1 is 0.696 bits per heavy atom. The summed E-state index contributed by atoms with van der Waals surface area (Å²) in [6.45, 7) is 2.24. The lowest BCUT2D eigenvalue weighted by Crippen LogP contribution is -2.33. The number of nitrogens with zero attached hydrogens (tertiary/aromatic N) is 2. The van der Waals surface area contributed by atoms with Gasteiger partial charge in [-0.1, -0.05) is 115 Å². The lowest BCUT2D eigenvalue weighted by molar-refractivity contribution is 0.739. The smallest absolute Gasteiger partial charge is 0.146 e. The summed E-state index contributed by atoms with van der Waals surface area (Å²) >= 11 is 0. The molecule has 0 amide bonds. The maximum atomic E-state index is 5.34. The largest absolute Gasteiger partial charge is 0.292 e. The van der Waals surface area contributed by atoms with Crippen LogP contribution >= 0.6 is 0 Å². The fourth-order valence-electron chi connectivity index (χ4n) is 7.87. The number of rotatable bonds is 4. The SMILES string of the molecule is CC1=CC=C(C2=CC=C3C=C(c4c5c(c(-c6nc7ccccc7n6-c6ccccc6)c6ccccc46)=CCCC=5)C=CC3C2)CC1. The zero-order valence-electron chi connectivity index (χ0n) is 26.2. The van der Waals surface area contributed by atoms with Crippen molar-refractivity contribution in [2.75, 3.05) is 0 Å². The van der Waals surface area contributed by atoms with Gasteiger partial charge in [0.2, 0.25) is 0 Å². The normalized spacial score (nSPS) is 18.8. The van der Waals surface area contributed by atoms with Gasteiger partial charge in [-0.3, -0.25) is 4.57 Å². The van der Waals surface area contributed by atoms with E-state index in [1.54, 1.807) is 0 Å². The zero-order chi connectivity index (χ0) is 30.6. The molecule has 9 rings (SSSR count). The predicted octanol–water partition coefficient (Wildman–Crippen LogP) is 9.69. The zero-order valence-corrected chi connectivity index (χ0v) is 26.2. The Morgan fingerprint density at radius 3 is 2.22 bits per heavy atom. The summed E-state index contributed by atoms with van der Waals surface area (Å²) in [5.74, 6) is 1.43. The Hall–Kier alpha value is -5.21. The molecule has 1 unspecified atom stereocenters. The van der Waals surface area contributed by atoms with Gasteiger partial charge in [0.25, 0.3) is 0 Å². The highest BCUT2D eigenvalue weighted by atomic mass is 15.1. The van der Waals surface area contributed by atoms with Crippen molar-refractivity contribution < 1.29 is 0 Å². The van der Waals surface area contributed by atoms with Crippen molar-refractivity contribution in [3.63, 3.8) is 0 Å². The second-order valence-corrected chi connectivity index (χ2v) is 13.0. The molecular weight excluding hydrogens is 556 g/mol. The molecule has 0 fully saturated rings. The van der Waals surface area contributed by atoms with E-state index in [1.165, 1.54) is 66.6 Å². The van der Waals surface area contributed by atoms with Crippen molar-refractivity contribution in [1.29, 1.82) is 0 Å². The van der Waals surface area contributed by atoms with E-state index < -0.39 is 0 Å². The van der Waals surface area contributed by atoms with Crippen molar-refractivity contribution in [2.45, 2.75) is 39.0 Å². The van der Waals surface area contributed by atoms with E-state index in [-0.39, 0.29) is 0 Å². The number of hydrogen-bond acceptors (Lipinski definition) is 1. The molecule has 46 heavy (non-hydrogen) atoms. The lowest BCUT2D eigenvalue weighted by atomic mass is 9.77. The molecule has 4 aliphatic carbocycles. The molecule has 1 heterocycles. The van der Waals surface area contributed by atoms with E-state index in [1.807, 2.05) is 0 Å². The van der Waals surface area contributed by atoms with Gasteiger partial charge in [0.1, 0.15) is 5.82 Å². The summed E-state index contributed by atoms with van der Waals surface area (Å²) in [5, 5.41) is 5.17. The van der Waals surface area contributed by atoms with Crippen LogP contribution < -0.4 is 10.4 Å². The van der Waals surface area contributed by atoms with Gasteiger partial charge in [-0.2, -0.15) is 0 Å². The van der Waals surface area contributed by atoms with Crippen LogP contribution in [-0.2, 0) is 0 Å². The molecule has 2 heteroatoms. The van der Waals surface area contributed by atoms with Crippen molar-refractivity contribution >= 4 is 39.5 Å². The highest BCUT2D eigenvalue weighted by Gasteiger charge is 2.25. The van der Waals surface area contributed by atoms with Crippen LogP contribution in [0, 0.1) is 5.92 Å². The van der Waals surface area contributed by atoms with Crippen molar-refractivity contribution in [3.05, 3.63) is 160 Å². The van der Waals surface area contributed by atoms with Crippen LogP contribution in [0.5, 0.6) is 0 Å². The summed E-state index contributed by atoms with van der Waals surface area (Å²) < 4.78 is 2.35. The molecule has 1 aromatic heterocycles. The maximum absolute atomic E-state index is 5.34.